The maximum absolute atomic E-state index is 13.0. The molecule has 0 aliphatic carbocycles. The van der Waals surface area contributed by atoms with Crippen molar-refractivity contribution < 1.29 is 27.4 Å². The fourth-order valence-corrected chi connectivity index (χ4v) is 2.25. The third-order valence-electron chi connectivity index (χ3n) is 2.62. The highest BCUT2D eigenvalue weighted by molar-refractivity contribution is 14.1. The molecule has 108 valence electrons. The van der Waals surface area contributed by atoms with Gasteiger partial charge in [-0.15, -0.1) is 0 Å². The van der Waals surface area contributed by atoms with Crippen LogP contribution in [-0.4, -0.2) is 24.9 Å². The zero-order valence-corrected chi connectivity index (χ0v) is 12.5. The van der Waals surface area contributed by atoms with E-state index in [4.69, 9.17) is 4.74 Å². The molecule has 20 heavy (non-hydrogen) atoms. The molecule has 1 aliphatic heterocycles. The summed E-state index contributed by atoms with van der Waals surface area (Å²) in [7, 11) is 0. The molecule has 0 saturated carbocycles. The van der Waals surface area contributed by atoms with Crippen molar-refractivity contribution in [1.29, 1.82) is 0 Å². The second-order valence-electron chi connectivity index (χ2n) is 4.04. The monoisotopic (exact) mass is 398 g/mol. The average molecular weight is 398 g/mol. The van der Waals surface area contributed by atoms with Gasteiger partial charge in [0.05, 0.1) is 12.2 Å². The summed E-state index contributed by atoms with van der Waals surface area (Å²) in [5, 5.41) is 0. The van der Waals surface area contributed by atoms with Crippen LogP contribution in [0.4, 0.5) is 13.2 Å². The van der Waals surface area contributed by atoms with E-state index in [1.807, 2.05) is 22.6 Å². The highest BCUT2D eigenvalue weighted by atomic mass is 127. The van der Waals surface area contributed by atoms with Crippen LogP contribution in [0.5, 0.6) is 5.75 Å². The van der Waals surface area contributed by atoms with Crippen LogP contribution in [0, 0.1) is 3.57 Å². The Hall–Kier alpha value is -1.25. The summed E-state index contributed by atoms with van der Waals surface area (Å²) in [4.78, 5) is 11.7. The molecule has 1 aromatic rings. The average Bonchev–Trinajstić information content (AvgIpc) is 2.36. The van der Waals surface area contributed by atoms with Gasteiger partial charge < -0.3 is 9.47 Å². The van der Waals surface area contributed by atoms with Gasteiger partial charge in [-0.05, 0) is 47.7 Å². The first-order valence-corrected chi connectivity index (χ1v) is 6.82. The molecule has 0 aromatic heterocycles. The molecule has 0 spiro atoms. The minimum atomic E-state index is -4.68. The molecule has 0 N–H and O–H groups in total. The summed E-state index contributed by atoms with van der Waals surface area (Å²) in [6.45, 7) is 1.53. The smallest absolute Gasteiger partial charge is 0.430 e. The number of carbonyl (C=O) groups is 1. The summed E-state index contributed by atoms with van der Waals surface area (Å²) < 4.78 is 49.4. The maximum atomic E-state index is 13.0. The van der Waals surface area contributed by atoms with Crippen molar-refractivity contribution >= 4 is 34.6 Å². The molecule has 0 fully saturated rings. The SMILES string of the molecule is CCOC(=O)C1=Cc2ccc(I)cc2O[C@@H]1C(F)(F)F. The molecule has 0 unspecified atom stereocenters. The molecule has 0 amide bonds. The molecule has 2 rings (SSSR count). The Kier molecular flexibility index (Phi) is 4.26. The van der Waals surface area contributed by atoms with Crippen molar-refractivity contribution in [3.05, 3.63) is 32.9 Å². The second kappa shape index (κ2) is 5.63. The Labute approximate surface area is 126 Å². The van der Waals surface area contributed by atoms with Crippen LogP contribution in [0.15, 0.2) is 23.8 Å². The summed E-state index contributed by atoms with van der Waals surface area (Å²) in [5.74, 6) is -0.911. The van der Waals surface area contributed by atoms with Gasteiger partial charge in [0.15, 0.2) is 0 Å². The van der Waals surface area contributed by atoms with E-state index in [1.54, 1.807) is 12.1 Å². The second-order valence-corrected chi connectivity index (χ2v) is 5.29. The van der Waals surface area contributed by atoms with Gasteiger partial charge in [-0.1, -0.05) is 6.07 Å². The van der Waals surface area contributed by atoms with E-state index in [1.165, 1.54) is 19.1 Å². The molecule has 1 aliphatic rings. The number of carbonyl (C=O) groups excluding carboxylic acids is 1. The number of halogens is 4. The van der Waals surface area contributed by atoms with E-state index in [0.717, 1.165) is 3.57 Å². The van der Waals surface area contributed by atoms with Gasteiger partial charge in [0.1, 0.15) is 5.75 Å². The molecule has 0 bridgehead atoms. The normalized spacial score (nSPS) is 17.9. The fourth-order valence-electron chi connectivity index (χ4n) is 1.79. The first-order valence-electron chi connectivity index (χ1n) is 5.74. The van der Waals surface area contributed by atoms with E-state index in [-0.39, 0.29) is 12.4 Å². The van der Waals surface area contributed by atoms with Crippen LogP contribution in [0.25, 0.3) is 6.08 Å². The predicted molar refractivity (Wildman–Crippen MR) is 74.2 cm³/mol. The molecule has 1 atom stereocenters. The Balaban J connectivity index is 2.47. The highest BCUT2D eigenvalue weighted by Crippen LogP contribution is 2.38. The van der Waals surface area contributed by atoms with Crippen LogP contribution in [0.3, 0.4) is 0 Å². The number of hydrogen-bond acceptors (Lipinski definition) is 3. The lowest BCUT2D eigenvalue weighted by Crippen LogP contribution is -2.40. The maximum Gasteiger partial charge on any atom is 0.430 e. The van der Waals surface area contributed by atoms with Crippen LogP contribution in [0.2, 0.25) is 0 Å². The number of fused-ring (bicyclic) bond motifs is 1. The zero-order valence-electron chi connectivity index (χ0n) is 10.3. The molecule has 1 heterocycles. The van der Waals surface area contributed by atoms with Crippen molar-refractivity contribution in [1.82, 2.24) is 0 Å². The van der Waals surface area contributed by atoms with Crippen molar-refractivity contribution in [2.24, 2.45) is 0 Å². The number of esters is 1. The number of alkyl halides is 3. The Morgan fingerprint density at radius 2 is 2.15 bits per heavy atom. The molecular formula is C13H10F3IO3. The van der Waals surface area contributed by atoms with Crippen molar-refractivity contribution in [2.75, 3.05) is 6.61 Å². The number of ether oxygens (including phenoxy) is 2. The van der Waals surface area contributed by atoms with E-state index >= 15 is 0 Å². The van der Waals surface area contributed by atoms with E-state index < -0.39 is 23.8 Å². The minimum absolute atomic E-state index is 0.000294. The lowest BCUT2D eigenvalue weighted by atomic mass is 10.0. The van der Waals surface area contributed by atoms with Gasteiger partial charge in [-0.25, -0.2) is 4.79 Å². The quantitative estimate of drug-likeness (QED) is 0.565. The molecule has 7 heteroatoms. The van der Waals surface area contributed by atoms with Gasteiger partial charge in [0, 0.05) is 9.13 Å². The Morgan fingerprint density at radius 3 is 2.75 bits per heavy atom. The third-order valence-corrected chi connectivity index (χ3v) is 3.29. The lowest BCUT2D eigenvalue weighted by molar-refractivity contribution is -0.187. The summed E-state index contributed by atoms with van der Waals surface area (Å²) in [6, 6.07) is 4.81. The van der Waals surface area contributed by atoms with Gasteiger partial charge >= 0.3 is 12.1 Å². The number of benzene rings is 1. The molecule has 0 radical (unpaired) electrons. The largest absolute Gasteiger partial charge is 0.475 e. The van der Waals surface area contributed by atoms with Crippen LogP contribution >= 0.6 is 22.6 Å². The topological polar surface area (TPSA) is 35.5 Å². The number of hydrogen-bond donors (Lipinski definition) is 0. The third kappa shape index (κ3) is 3.08. The van der Waals surface area contributed by atoms with Crippen LogP contribution < -0.4 is 4.74 Å². The van der Waals surface area contributed by atoms with Gasteiger partial charge in [-0.3, -0.25) is 0 Å². The van der Waals surface area contributed by atoms with Gasteiger partial charge in [-0.2, -0.15) is 13.2 Å². The molecule has 0 saturated heterocycles. The van der Waals surface area contributed by atoms with Crippen molar-refractivity contribution in [3.8, 4) is 5.75 Å². The summed E-state index contributed by atoms with van der Waals surface area (Å²) >= 11 is 1.97. The minimum Gasteiger partial charge on any atom is -0.475 e. The summed E-state index contributed by atoms with van der Waals surface area (Å²) in [5.41, 5.74) is -0.109. The van der Waals surface area contributed by atoms with Crippen molar-refractivity contribution in [2.45, 2.75) is 19.2 Å². The Morgan fingerprint density at radius 1 is 1.45 bits per heavy atom. The van der Waals surface area contributed by atoms with E-state index in [0.29, 0.717) is 5.56 Å². The Bertz CT molecular complexity index is 566. The standard InChI is InChI=1S/C13H10F3IO3/c1-2-19-12(18)9-5-7-3-4-8(17)6-10(7)20-11(9)13(14,15)16/h3-6,11H,2H2,1H3/t11-/m0/s1. The zero-order chi connectivity index (χ0) is 14.9. The van der Waals surface area contributed by atoms with Gasteiger partial charge in [0.25, 0.3) is 0 Å². The predicted octanol–water partition coefficient (Wildman–Crippen LogP) is 3.56. The van der Waals surface area contributed by atoms with Gasteiger partial charge in [0.2, 0.25) is 6.10 Å². The molecular weight excluding hydrogens is 388 g/mol. The first-order chi connectivity index (χ1) is 9.32. The van der Waals surface area contributed by atoms with E-state index in [2.05, 4.69) is 4.74 Å². The van der Waals surface area contributed by atoms with E-state index in [9.17, 15) is 18.0 Å². The van der Waals surface area contributed by atoms with Crippen LogP contribution in [0.1, 0.15) is 12.5 Å². The summed E-state index contributed by atoms with van der Waals surface area (Å²) in [6.07, 6.45) is -5.81. The first kappa shape index (κ1) is 15.1. The fraction of sp³-hybridized carbons (Fsp3) is 0.308. The van der Waals surface area contributed by atoms with Crippen molar-refractivity contribution in [3.63, 3.8) is 0 Å². The molecule has 3 nitrogen and oxygen atoms in total. The lowest BCUT2D eigenvalue weighted by Gasteiger charge is -2.27. The molecule has 1 aromatic carbocycles. The highest BCUT2D eigenvalue weighted by Gasteiger charge is 2.48. The van der Waals surface area contributed by atoms with Crippen LogP contribution in [-0.2, 0) is 9.53 Å². The number of rotatable bonds is 2.